The Morgan fingerprint density at radius 1 is 1.41 bits per heavy atom. The summed E-state index contributed by atoms with van der Waals surface area (Å²) in [4.78, 5) is 0. The van der Waals surface area contributed by atoms with Gasteiger partial charge in [-0.2, -0.15) is 0 Å². The average molecular weight is 235 g/mol. The topological polar surface area (TPSA) is 41.5 Å². The Labute approximate surface area is 103 Å². The normalized spacial score (nSPS) is 17.6. The summed E-state index contributed by atoms with van der Waals surface area (Å²) in [7, 11) is 0. The number of para-hydroxylation sites is 1. The maximum Gasteiger partial charge on any atom is 0.0584 e. The monoisotopic (exact) mass is 235 g/mol. The Morgan fingerprint density at radius 3 is 2.71 bits per heavy atom. The fourth-order valence-corrected chi connectivity index (χ4v) is 2.19. The number of rotatable bonds is 5. The lowest BCUT2D eigenvalue weighted by molar-refractivity contribution is -0.128. The molecule has 0 atom stereocenters. The molecule has 1 aliphatic heterocycles. The van der Waals surface area contributed by atoms with Gasteiger partial charge >= 0.3 is 0 Å². The van der Waals surface area contributed by atoms with Gasteiger partial charge in [-0.15, -0.1) is 0 Å². The molecular weight excluding hydrogens is 214 g/mol. The number of benzene rings is 1. The number of aryl methyl sites for hydroxylation is 2. The fraction of sp³-hybridized carbons (Fsp3) is 0.571. The third-order valence-corrected chi connectivity index (χ3v) is 3.53. The van der Waals surface area contributed by atoms with Gasteiger partial charge in [0.15, 0.2) is 0 Å². The van der Waals surface area contributed by atoms with Gasteiger partial charge in [0.1, 0.15) is 0 Å². The molecule has 0 saturated carbocycles. The lowest BCUT2D eigenvalue weighted by Gasteiger charge is -2.40. The van der Waals surface area contributed by atoms with Crippen LogP contribution in [0, 0.1) is 12.3 Å². The summed E-state index contributed by atoms with van der Waals surface area (Å²) in [5, 5.41) is 12.9. The molecule has 3 heteroatoms. The van der Waals surface area contributed by atoms with Crippen LogP contribution < -0.4 is 5.32 Å². The Hall–Kier alpha value is -1.06. The molecule has 0 aliphatic carbocycles. The summed E-state index contributed by atoms with van der Waals surface area (Å²) in [5.41, 5.74) is 3.73. The van der Waals surface area contributed by atoms with Crippen LogP contribution in [0.4, 0.5) is 5.69 Å². The van der Waals surface area contributed by atoms with Gasteiger partial charge in [0.25, 0.3) is 0 Å². The first-order chi connectivity index (χ1) is 8.21. The van der Waals surface area contributed by atoms with Crippen molar-refractivity contribution in [3.8, 4) is 0 Å². The molecule has 0 unspecified atom stereocenters. The maximum atomic E-state index is 9.39. The van der Waals surface area contributed by atoms with Crippen LogP contribution in [0.1, 0.15) is 18.1 Å². The lowest BCUT2D eigenvalue weighted by atomic mass is 9.86. The summed E-state index contributed by atoms with van der Waals surface area (Å²) >= 11 is 0. The second-order valence-corrected chi connectivity index (χ2v) is 4.97. The van der Waals surface area contributed by atoms with E-state index in [4.69, 9.17) is 4.74 Å². The van der Waals surface area contributed by atoms with Gasteiger partial charge in [-0.3, -0.25) is 0 Å². The van der Waals surface area contributed by atoms with E-state index in [1.54, 1.807) is 0 Å². The number of hydrogen-bond acceptors (Lipinski definition) is 3. The van der Waals surface area contributed by atoms with Crippen LogP contribution in [0.2, 0.25) is 0 Å². The fourth-order valence-electron chi connectivity index (χ4n) is 2.19. The van der Waals surface area contributed by atoms with Crippen molar-refractivity contribution >= 4 is 5.69 Å². The van der Waals surface area contributed by atoms with Gasteiger partial charge in [0, 0.05) is 12.2 Å². The van der Waals surface area contributed by atoms with Gasteiger partial charge in [-0.25, -0.2) is 0 Å². The van der Waals surface area contributed by atoms with E-state index < -0.39 is 0 Å². The van der Waals surface area contributed by atoms with Crippen LogP contribution in [0.25, 0.3) is 0 Å². The standard InChI is InChI=1S/C14H21NO2/c1-3-12-6-4-5-11(2)13(12)15-7-14(8-16)9-17-10-14/h4-6,15-16H,3,7-10H2,1-2H3. The minimum Gasteiger partial charge on any atom is -0.396 e. The molecule has 1 fully saturated rings. The van der Waals surface area contributed by atoms with Crippen LogP contribution in [-0.2, 0) is 11.2 Å². The first-order valence-electron chi connectivity index (χ1n) is 6.22. The molecule has 0 aromatic heterocycles. The van der Waals surface area contributed by atoms with Crippen LogP contribution in [-0.4, -0.2) is 31.5 Å². The molecule has 0 bridgehead atoms. The van der Waals surface area contributed by atoms with Crippen molar-refractivity contribution in [2.45, 2.75) is 20.3 Å². The van der Waals surface area contributed by atoms with E-state index in [0.717, 1.165) is 13.0 Å². The number of nitrogens with one attached hydrogen (secondary N) is 1. The quantitative estimate of drug-likeness (QED) is 0.820. The van der Waals surface area contributed by atoms with E-state index in [1.807, 2.05) is 0 Å². The minimum absolute atomic E-state index is 0.0761. The molecule has 0 amide bonds. The predicted octanol–water partition coefficient (Wildman–Crippen LogP) is 1.98. The number of aliphatic hydroxyl groups excluding tert-OH is 1. The first-order valence-corrected chi connectivity index (χ1v) is 6.22. The van der Waals surface area contributed by atoms with Crippen molar-refractivity contribution < 1.29 is 9.84 Å². The summed E-state index contributed by atoms with van der Waals surface area (Å²) < 4.78 is 5.20. The zero-order chi connectivity index (χ0) is 12.3. The van der Waals surface area contributed by atoms with Gasteiger partial charge in [0.05, 0.1) is 25.2 Å². The third kappa shape index (κ3) is 2.45. The Balaban J connectivity index is 2.08. The van der Waals surface area contributed by atoms with E-state index in [9.17, 15) is 5.11 Å². The van der Waals surface area contributed by atoms with Crippen molar-refractivity contribution in [1.29, 1.82) is 0 Å². The van der Waals surface area contributed by atoms with Gasteiger partial charge in [-0.05, 0) is 24.5 Å². The van der Waals surface area contributed by atoms with Crippen LogP contribution in [0.3, 0.4) is 0 Å². The third-order valence-electron chi connectivity index (χ3n) is 3.53. The molecule has 0 spiro atoms. The van der Waals surface area contributed by atoms with E-state index in [-0.39, 0.29) is 12.0 Å². The molecular formula is C14H21NO2. The first kappa shape index (κ1) is 12.4. The van der Waals surface area contributed by atoms with Gasteiger partial charge < -0.3 is 15.2 Å². The Kier molecular flexibility index (Phi) is 3.69. The smallest absolute Gasteiger partial charge is 0.0584 e. The molecule has 1 heterocycles. The zero-order valence-corrected chi connectivity index (χ0v) is 10.6. The summed E-state index contributed by atoms with van der Waals surface area (Å²) in [5.74, 6) is 0. The molecule has 2 N–H and O–H groups in total. The minimum atomic E-state index is -0.0761. The molecule has 94 valence electrons. The number of aliphatic hydroxyl groups is 1. The van der Waals surface area contributed by atoms with Crippen molar-refractivity contribution in [2.75, 3.05) is 31.7 Å². The zero-order valence-electron chi connectivity index (χ0n) is 10.6. The largest absolute Gasteiger partial charge is 0.396 e. The number of anilines is 1. The average Bonchev–Trinajstić information content (AvgIpc) is 2.29. The SMILES string of the molecule is CCc1cccc(C)c1NCC1(CO)COC1. The van der Waals surface area contributed by atoms with E-state index in [0.29, 0.717) is 13.2 Å². The van der Waals surface area contributed by atoms with Crippen molar-refractivity contribution in [3.05, 3.63) is 29.3 Å². The highest BCUT2D eigenvalue weighted by Gasteiger charge is 2.37. The second kappa shape index (κ2) is 5.07. The molecule has 1 aliphatic rings. The highest BCUT2D eigenvalue weighted by molar-refractivity contribution is 5.57. The van der Waals surface area contributed by atoms with Gasteiger partial charge in [-0.1, -0.05) is 25.1 Å². The molecule has 17 heavy (non-hydrogen) atoms. The highest BCUT2D eigenvalue weighted by Crippen LogP contribution is 2.29. The van der Waals surface area contributed by atoms with E-state index in [1.165, 1.54) is 16.8 Å². The molecule has 3 nitrogen and oxygen atoms in total. The van der Waals surface area contributed by atoms with Crippen molar-refractivity contribution in [2.24, 2.45) is 5.41 Å². The van der Waals surface area contributed by atoms with E-state index in [2.05, 4.69) is 37.4 Å². The van der Waals surface area contributed by atoms with Gasteiger partial charge in [0.2, 0.25) is 0 Å². The highest BCUT2D eigenvalue weighted by atomic mass is 16.5. The summed E-state index contributed by atoms with van der Waals surface area (Å²) in [6.07, 6.45) is 1.02. The van der Waals surface area contributed by atoms with Crippen LogP contribution in [0.5, 0.6) is 0 Å². The number of ether oxygens (including phenoxy) is 1. The molecule has 1 aromatic rings. The predicted molar refractivity (Wildman–Crippen MR) is 69.4 cm³/mol. The summed E-state index contributed by atoms with van der Waals surface area (Å²) in [6, 6.07) is 6.36. The lowest BCUT2D eigenvalue weighted by Crippen LogP contribution is -2.50. The van der Waals surface area contributed by atoms with Crippen LogP contribution >= 0.6 is 0 Å². The van der Waals surface area contributed by atoms with Crippen LogP contribution in [0.15, 0.2) is 18.2 Å². The van der Waals surface area contributed by atoms with E-state index >= 15 is 0 Å². The number of hydrogen-bond donors (Lipinski definition) is 2. The second-order valence-electron chi connectivity index (χ2n) is 4.97. The van der Waals surface area contributed by atoms with Crippen molar-refractivity contribution in [3.63, 3.8) is 0 Å². The molecule has 0 radical (unpaired) electrons. The van der Waals surface area contributed by atoms with Crippen molar-refractivity contribution in [1.82, 2.24) is 0 Å². The Morgan fingerprint density at radius 2 is 2.18 bits per heavy atom. The summed E-state index contributed by atoms with van der Waals surface area (Å²) in [6.45, 7) is 6.56. The molecule has 2 rings (SSSR count). The molecule has 1 aromatic carbocycles. The Bertz CT molecular complexity index is 380. The molecule has 1 saturated heterocycles. The maximum absolute atomic E-state index is 9.39.